The van der Waals surface area contributed by atoms with Crippen molar-refractivity contribution < 1.29 is 22.8 Å². The summed E-state index contributed by atoms with van der Waals surface area (Å²) >= 11 is 0. The number of benzene rings is 1. The molecule has 138 valence electrons. The number of rotatable bonds is 5. The van der Waals surface area contributed by atoms with E-state index in [0.29, 0.717) is 24.9 Å². The van der Waals surface area contributed by atoms with Crippen LogP contribution < -0.4 is 11.1 Å². The molecule has 2 atom stereocenters. The van der Waals surface area contributed by atoms with E-state index >= 15 is 0 Å². The highest BCUT2D eigenvalue weighted by Crippen LogP contribution is 2.30. The summed E-state index contributed by atoms with van der Waals surface area (Å²) in [5.41, 5.74) is 5.23. The van der Waals surface area contributed by atoms with Crippen LogP contribution in [-0.4, -0.2) is 35.3 Å². The normalized spacial score (nSPS) is 19.6. The zero-order chi connectivity index (χ0) is 18.6. The van der Waals surface area contributed by atoms with Crippen LogP contribution in [0.4, 0.5) is 13.2 Å². The number of piperidine rings is 1. The predicted molar refractivity (Wildman–Crippen MR) is 86.3 cm³/mol. The molecule has 1 aliphatic rings. The zero-order valence-electron chi connectivity index (χ0n) is 14.0. The second-order valence-electron chi connectivity index (χ2n) is 6.40. The van der Waals surface area contributed by atoms with Crippen molar-refractivity contribution in [1.29, 1.82) is 0 Å². The number of nitrogens with two attached hydrogens (primary N) is 1. The first kappa shape index (κ1) is 19.2. The van der Waals surface area contributed by atoms with Gasteiger partial charge in [0.25, 0.3) is 0 Å². The molecule has 3 N–H and O–H groups in total. The maximum absolute atomic E-state index is 12.8. The molecule has 8 heteroatoms. The van der Waals surface area contributed by atoms with Gasteiger partial charge in [-0.15, -0.1) is 0 Å². The van der Waals surface area contributed by atoms with E-state index in [1.807, 2.05) is 0 Å². The summed E-state index contributed by atoms with van der Waals surface area (Å²) in [6.45, 7) is 2.24. The molecule has 1 heterocycles. The summed E-state index contributed by atoms with van der Waals surface area (Å²) in [5.74, 6) is -0.573. The quantitative estimate of drug-likeness (QED) is 0.847. The summed E-state index contributed by atoms with van der Waals surface area (Å²) in [6.07, 6.45) is -3.11. The van der Waals surface area contributed by atoms with Gasteiger partial charge in [0.05, 0.1) is 5.56 Å². The van der Waals surface area contributed by atoms with Crippen LogP contribution >= 0.6 is 0 Å². The summed E-state index contributed by atoms with van der Waals surface area (Å²) in [4.78, 5) is 25.8. The van der Waals surface area contributed by atoms with E-state index in [1.54, 1.807) is 13.0 Å². The number of likely N-dealkylation sites (tertiary alicyclic amines) is 1. The van der Waals surface area contributed by atoms with Crippen LogP contribution in [0.25, 0.3) is 0 Å². The standard InChI is InChI=1S/C17H22F3N3O2/c1-11(21)8-15(24)22-14-6-3-7-23(16(14)25)10-12-4-2-5-13(9-12)17(18,19)20/h2,4-5,9,11,14H,3,6-8,10,21H2,1H3,(H,22,24). The van der Waals surface area contributed by atoms with Crippen molar-refractivity contribution in [3.63, 3.8) is 0 Å². The van der Waals surface area contributed by atoms with Gasteiger partial charge in [0.1, 0.15) is 6.04 Å². The SMILES string of the molecule is CC(N)CC(=O)NC1CCCN(Cc2cccc(C(F)(F)F)c2)C1=O. The first-order valence-electron chi connectivity index (χ1n) is 8.16. The lowest BCUT2D eigenvalue weighted by Gasteiger charge is -2.33. The number of amides is 2. The van der Waals surface area contributed by atoms with E-state index in [-0.39, 0.29) is 30.8 Å². The molecule has 0 spiro atoms. The molecule has 2 amide bonds. The van der Waals surface area contributed by atoms with E-state index < -0.39 is 17.8 Å². The Morgan fingerprint density at radius 1 is 1.44 bits per heavy atom. The van der Waals surface area contributed by atoms with Crippen molar-refractivity contribution >= 4 is 11.8 Å². The van der Waals surface area contributed by atoms with Crippen molar-refractivity contribution in [1.82, 2.24) is 10.2 Å². The molecule has 0 aliphatic carbocycles. The Labute approximate surface area is 144 Å². The highest BCUT2D eigenvalue weighted by atomic mass is 19.4. The van der Waals surface area contributed by atoms with Gasteiger partial charge in [-0.3, -0.25) is 9.59 Å². The Morgan fingerprint density at radius 3 is 2.80 bits per heavy atom. The second-order valence-corrected chi connectivity index (χ2v) is 6.40. The fraction of sp³-hybridized carbons (Fsp3) is 0.529. The number of carbonyl (C=O) groups excluding carboxylic acids is 2. The fourth-order valence-electron chi connectivity index (χ4n) is 2.84. The third-order valence-corrected chi connectivity index (χ3v) is 4.00. The van der Waals surface area contributed by atoms with Crippen LogP contribution in [0.3, 0.4) is 0 Å². The highest BCUT2D eigenvalue weighted by Gasteiger charge is 2.32. The largest absolute Gasteiger partial charge is 0.416 e. The molecule has 1 fully saturated rings. The van der Waals surface area contributed by atoms with E-state index in [4.69, 9.17) is 5.73 Å². The minimum Gasteiger partial charge on any atom is -0.344 e. The lowest BCUT2D eigenvalue weighted by molar-refractivity contribution is -0.139. The van der Waals surface area contributed by atoms with E-state index in [2.05, 4.69) is 5.32 Å². The van der Waals surface area contributed by atoms with Gasteiger partial charge in [0, 0.05) is 25.6 Å². The van der Waals surface area contributed by atoms with Gasteiger partial charge in [0.2, 0.25) is 11.8 Å². The van der Waals surface area contributed by atoms with Gasteiger partial charge in [-0.1, -0.05) is 12.1 Å². The third-order valence-electron chi connectivity index (χ3n) is 4.00. The Morgan fingerprint density at radius 2 is 2.16 bits per heavy atom. The van der Waals surface area contributed by atoms with Crippen molar-refractivity contribution in [2.45, 2.75) is 51.0 Å². The second kappa shape index (κ2) is 7.86. The molecule has 0 aromatic heterocycles. The van der Waals surface area contributed by atoms with Crippen molar-refractivity contribution in [2.75, 3.05) is 6.54 Å². The van der Waals surface area contributed by atoms with Crippen molar-refractivity contribution in [3.8, 4) is 0 Å². The van der Waals surface area contributed by atoms with Gasteiger partial charge in [-0.2, -0.15) is 13.2 Å². The number of hydrogen-bond donors (Lipinski definition) is 2. The first-order valence-corrected chi connectivity index (χ1v) is 8.16. The smallest absolute Gasteiger partial charge is 0.344 e. The highest BCUT2D eigenvalue weighted by molar-refractivity contribution is 5.88. The lowest BCUT2D eigenvalue weighted by atomic mass is 10.0. The lowest BCUT2D eigenvalue weighted by Crippen LogP contribution is -2.52. The Kier molecular flexibility index (Phi) is 6.05. The maximum atomic E-state index is 12.8. The van der Waals surface area contributed by atoms with E-state index in [1.165, 1.54) is 11.0 Å². The molecule has 1 aromatic carbocycles. The first-order chi connectivity index (χ1) is 11.7. The molecule has 2 rings (SSSR count). The number of carbonyl (C=O) groups is 2. The zero-order valence-corrected chi connectivity index (χ0v) is 14.0. The molecule has 1 saturated heterocycles. The van der Waals surface area contributed by atoms with Crippen LogP contribution in [0.1, 0.15) is 37.3 Å². The average Bonchev–Trinajstić information content (AvgIpc) is 2.50. The number of hydrogen-bond acceptors (Lipinski definition) is 3. The summed E-state index contributed by atoms with van der Waals surface area (Å²) in [5, 5.41) is 2.66. The molecule has 25 heavy (non-hydrogen) atoms. The summed E-state index contributed by atoms with van der Waals surface area (Å²) in [6, 6.07) is 3.98. The number of halogens is 3. The Bertz CT molecular complexity index is 632. The number of nitrogens with one attached hydrogen (secondary N) is 1. The molecule has 0 bridgehead atoms. The summed E-state index contributed by atoms with van der Waals surface area (Å²) < 4.78 is 38.4. The van der Waals surface area contributed by atoms with Gasteiger partial charge in [-0.25, -0.2) is 0 Å². The molecule has 5 nitrogen and oxygen atoms in total. The van der Waals surface area contributed by atoms with Gasteiger partial charge in [0.15, 0.2) is 0 Å². The van der Waals surface area contributed by atoms with Gasteiger partial charge < -0.3 is 16.0 Å². The topological polar surface area (TPSA) is 75.4 Å². The monoisotopic (exact) mass is 357 g/mol. The minimum atomic E-state index is -4.42. The minimum absolute atomic E-state index is 0.0857. The van der Waals surface area contributed by atoms with Crippen LogP contribution in [-0.2, 0) is 22.3 Å². The molecular weight excluding hydrogens is 335 g/mol. The van der Waals surface area contributed by atoms with Gasteiger partial charge >= 0.3 is 6.18 Å². The van der Waals surface area contributed by atoms with Crippen LogP contribution in [0.5, 0.6) is 0 Å². The fourth-order valence-corrected chi connectivity index (χ4v) is 2.84. The Balaban J connectivity index is 2.03. The van der Waals surface area contributed by atoms with Crippen molar-refractivity contribution in [3.05, 3.63) is 35.4 Å². The number of nitrogens with zero attached hydrogens (tertiary/aromatic N) is 1. The van der Waals surface area contributed by atoms with Gasteiger partial charge in [-0.05, 0) is 37.5 Å². The molecular formula is C17H22F3N3O2. The molecule has 1 aromatic rings. The third kappa shape index (κ3) is 5.45. The van der Waals surface area contributed by atoms with Crippen molar-refractivity contribution in [2.24, 2.45) is 5.73 Å². The summed E-state index contributed by atoms with van der Waals surface area (Å²) in [7, 11) is 0. The Hall–Kier alpha value is -2.09. The van der Waals surface area contributed by atoms with E-state index in [0.717, 1.165) is 12.1 Å². The predicted octanol–water partition coefficient (Wildman–Crippen LogP) is 2.05. The van der Waals surface area contributed by atoms with E-state index in [9.17, 15) is 22.8 Å². The maximum Gasteiger partial charge on any atom is 0.416 e. The van der Waals surface area contributed by atoms with Crippen LogP contribution in [0.15, 0.2) is 24.3 Å². The molecule has 0 radical (unpaired) electrons. The molecule has 1 aliphatic heterocycles. The van der Waals surface area contributed by atoms with Crippen LogP contribution in [0.2, 0.25) is 0 Å². The van der Waals surface area contributed by atoms with Crippen LogP contribution in [0, 0.1) is 0 Å². The average molecular weight is 357 g/mol. The molecule has 2 unspecified atom stereocenters. The molecule has 0 saturated carbocycles. The number of alkyl halides is 3.